The van der Waals surface area contributed by atoms with Gasteiger partial charge in [0.25, 0.3) is 0 Å². The quantitative estimate of drug-likeness (QED) is 0.844. The van der Waals surface area contributed by atoms with Crippen LogP contribution in [0.1, 0.15) is 36.3 Å². The van der Waals surface area contributed by atoms with Crippen molar-refractivity contribution >= 4 is 22.9 Å². The van der Waals surface area contributed by atoms with E-state index in [1.807, 2.05) is 11.8 Å². The molecule has 2 aliphatic rings. The Bertz CT molecular complexity index is 750. The van der Waals surface area contributed by atoms with Gasteiger partial charge in [-0.15, -0.1) is 11.3 Å². The molecule has 0 radical (unpaired) electrons. The first-order chi connectivity index (χ1) is 11.7. The summed E-state index contributed by atoms with van der Waals surface area (Å²) in [6.07, 6.45) is 4.87. The summed E-state index contributed by atoms with van der Waals surface area (Å²) in [6.45, 7) is 3.67. The molecule has 4 nitrogen and oxygen atoms in total. The van der Waals surface area contributed by atoms with Crippen LogP contribution >= 0.6 is 11.3 Å². The number of hydrogen-bond acceptors (Lipinski definition) is 4. The van der Waals surface area contributed by atoms with Crippen molar-refractivity contribution in [3.8, 4) is 11.3 Å². The van der Waals surface area contributed by atoms with E-state index in [1.54, 1.807) is 11.3 Å². The molecule has 1 amide bonds. The Morgan fingerprint density at radius 1 is 1.46 bits per heavy atom. The molecular formula is C19H22N2O2S. The third kappa shape index (κ3) is 3.10. The zero-order valence-corrected chi connectivity index (χ0v) is 14.8. The van der Waals surface area contributed by atoms with E-state index in [0.717, 1.165) is 60.8 Å². The smallest absolute Gasteiger partial charge is 0.227 e. The summed E-state index contributed by atoms with van der Waals surface area (Å²) >= 11 is 1.67. The molecule has 4 rings (SSSR count). The number of rotatable bonds is 4. The van der Waals surface area contributed by atoms with Crippen molar-refractivity contribution in [2.24, 2.45) is 0 Å². The highest BCUT2D eigenvalue weighted by molar-refractivity contribution is 7.09. The van der Waals surface area contributed by atoms with Gasteiger partial charge in [0, 0.05) is 36.2 Å². The molecule has 0 spiro atoms. The van der Waals surface area contributed by atoms with Gasteiger partial charge >= 0.3 is 0 Å². The molecule has 24 heavy (non-hydrogen) atoms. The fourth-order valence-corrected chi connectivity index (χ4v) is 4.23. The van der Waals surface area contributed by atoms with Crippen LogP contribution in [-0.4, -0.2) is 30.1 Å². The van der Waals surface area contributed by atoms with E-state index < -0.39 is 0 Å². The minimum Gasteiger partial charge on any atom is -0.378 e. The number of hydrogen-bond donors (Lipinski definition) is 0. The average molecular weight is 342 g/mol. The Kier molecular flexibility index (Phi) is 4.37. The lowest BCUT2D eigenvalue weighted by Gasteiger charge is -2.18. The van der Waals surface area contributed by atoms with Crippen LogP contribution in [0.15, 0.2) is 23.6 Å². The topological polar surface area (TPSA) is 42.4 Å². The number of carbonyl (C=O) groups excluding carboxylic acids is 1. The Balaban J connectivity index is 1.46. The van der Waals surface area contributed by atoms with Crippen LogP contribution < -0.4 is 4.90 Å². The van der Waals surface area contributed by atoms with Crippen molar-refractivity contribution in [3.63, 3.8) is 0 Å². The summed E-state index contributed by atoms with van der Waals surface area (Å²) < 4.78 is 5.63. The highest BCUT2D eigenvalue weighted by Gasteiger charge is 2.26. The van der Waals surface area contributed by atoms with Gasteiger partial charge in [0.1, 0.15) is 0 Å². The largest absolute Gasteiger partial charge is 0.378 e. The first-order valence-electron chi connectivity index (χ1n) is 8.68. The van der Waals surface area contributed by atoms with E-state index >= 15 is 0 Å². The summed E-state index contributed by atoms with van der Waals surface area (Å²) in [6, 6.07) is 6.35. The summed E-state index contributed by atoms with van der Waals surface area (Å²) in [5, 5.41) is 3.17. The van der Waals surface area contributed by atoms with Gasteiger partial charge in [0.05, 0.1) is 16.8 Å². The molecule has 0 N–H and O–H groups in total. The molecule has 126 valence electrons. The monoisotopic (exact) mass is 342 g/mol. The summed E-state index contributed by atoms with van der Waals surface area (Å²) in [4.78, 5) is 19.1. The predicted octanol–water partition coefficient (Wildman–Crippen LogP) is 3.97. The maximum absolute atomic E-state index is 12.6. The van der Waals surface area contributed by atoms with Crippen LogP contribution in [-0.2, 0) is 16.0 Å². The van der Waals surface area contributed by atoms with Crippen LogP contribution in [0.25, 0.3) is 11.3 Å². The molecule has 2 aliphatic heterocycles. The molecule has 0 aliphatic carbocycles. The molecule has 0 bridgehead atoms. The molecule has 1 unspecified atom stereocenters. The summed E-state index contributed by atoms with van der Waals surface area (Å²) in [5.74, 6) is 0.224. The van der Waals surface area contributed by atoms with E-state index in [0.29, 0.717) is 6.42 Å². The number of fused-ring (bicyclic) bond motifs is 1. The van der Waals surface area contributed by atoms with Gasteiger partial charge in [-0.2, -0.15) is 0 Å². The van der Waals surface area contributed by atoms with Gasteiger partial charge < -0.3 is 9.64 Å². The number of anilines is 1. The van der Waals surface area contributed by atoms with Crippen molar-refractivity contribution in [2.75, 3.05) is 18.1 Å². The van der Waals surface area contributed by atoms with Gasteiger partial charge in [0.2, 0.25) is 5.91 Å². The molecule has 2 aromatic rings. The number of ether oxygens (including phenoxy) is 1. The first kappa shape index (κ1) is 15.8. The fraction of sp³-hybridized carbons (Fsp3) is 0.474. The van der Waals surface area contributed by atoms with E-state index in [1.165, 1.54) is 5.56 Å². The zero-order chi connectivity index (χ0) is 16.5. The van der Waals surface area contributed by atoms with Gasteiger partial charge in [0.15, 0.2) is 0 Å². The summed E-state index contributed by atoms with van der Waals surface area (Å²) in [7, 11) is 0. The van der Waals surface area contributed by atoms with Crippen LogP contribution in [0.2, 0.25) is 0 Å². The van der Waals surface area contributed by atoms with Gasteiger partial charge in [-0.25, -0.2) is 4.98 Å². The second kappa shape index (κ2) is 6.65. The maximum Gasteiger partial charge on any atom is 0.227 e. The van der Waals surface area contributed by atoms with Crippen molar-refractivity contribution < 1.29 is 9.53 Å². The van der Waals surface area contributed by atoms with Crippen LogP contribution in [0.4, 0.5) is 5.69 Å². The first-order valence-corrected chi connectivity index (χ1v) is 9.56. The second-order valence-corrected chi connectivity index (χ2v) is 7.63. The van der Waals surface area contributed by atoms with Crippen LogP contribution in [0.3, 0.4) is 0 Å². The molecule has 3 heterocycles. The van der Waals surface area contributed by atoms with Gasteiger partial charge in [-0.05, 0) is 50.3 Å². The second-order valence-electron chi connectivity index (χ2n) is 6.56. The van der Waals surface area contributed by atoms with E-state index in [9.17, 15) is 4.79 Å². The standard InChI is InChI=1S/C19H22N2O2S/c1-13-20-17(12-24-13)14-4-6-18-15(11-14)8-9-21(18)19(22)7-5-16-3-2-10-23-16/h4,6,11-12,16H,2-3,5,7-10H2,1H3. The Hall–Kier alpha value is -1.72. The Morgan fingerprint density at radius 3 is 3.12 bits per heavy atom. The Labute approximate surface area is 146 Å². The minimum atomic E-state index is 0.224. The molecule has 0 saturated carbocycles. The number of thiazole rings is 1. The average Bonchev–Trinajstić information content (AvgIpc) is 3.32. The van der Waals surface area contributed by atoms with Crippen molar-refractivity contribution in [2.45, 2.75) is 45.1 Å². The lowest BCUT2D eigenvalue weighted by molar-refractivity contribution is -0.119. The molecule has 1 aromatic carbocycles. The normalized spacial score (nSPS) is 19.7. The number of nitrogens with zero attached hydrogens (tertiary/aromatic N) is 2. The SMILES string of the molecule is Cc1nc(-c2ccc3c(c2)CCN3C(=O)CCC2CCCO2)cs1. The maximum atomic E-state index is 12.6. The molecular weight excluding hydrogens is 320 g/mol. The molecule has 5 heteroatoms. The highest BCUT2D eigenvalue weighted by atomic mass is 32.1. The number of aryl methyl sites for hydroxylation is 1. The fourth-order valence-electron chi connectivity index (χ4n) is 3.61. The zero-order valence-electron chi connectivity index (χ0n) is 14.0. The highest BCUT2D eigenvalue weighted by Crippen LogP contribution is 2.33. The lowest BCUT2D eigenvalue weighted by atomic mass is 10.1. The molecule has 1 saturated heterocycles. The number of aromatic nitrogens is 1. The third-order valence-electron chi connectivity index (χ3n) is 4.90. The third-order valence-corrected chi connectivity index (χ3v) is 5.67. The van der Waals surface area contributed by atoms with Gasteiger partial charge in [-0.1, -0.05) is 6.07 Å². The molecule has 1 atom stereocenters. The lowest BCUT2D eigenvalue weighted by Crippen LogP contribution is -2.29. The van der Waals surface area contributed by atoms with Crippen LogP contribution in [0.5, 0.6) is 0 Å². The van der Waals surface area contributed by atoms with Crippen molar-refractivity contribution in [1.29, 1.82) is 0 Å². The predicted molar refractivity (Wildman–Crippen MR) is 96.6 cm³/mol. The van der Waals surface area contributed by atoms with E-state index in [4.69, 9.17) is 4.74 Å². The van der Waals surface area contributed by atoms with Crippen molar-refractivity contribution in [3.05, 3.63) is 34.2 Å². The summed E-state index contributed by atoms with van der Waals surface area (Å²) in [5.41, 5.74) is 4.50. The number of carbonyl (C=O) groups is 1. The van der Waals surface area contributed by atoms with Gasteiger partial charge in [-0.3, -0.25) is 4.79 Å². The molecule has 1 aromatic heterocycles. The van der Waals surface area contributed by atoms with E-state index in [-0.39, 0.29) is 12.0 Å². The Morgan fingerprint density at radius 2 is 2.38 bits per heavy atom. The number of benzene rings is 1. The van der Waals surface area contributed by atoms with E-state index in [2.05, 4.69) is 28.6 Å². The minimum absolute atomic E-state index is 0.224. The van der Waals surface area contributed by atoms with Crippen LogP contribution in [0, 0.1) is 6.92 Å². The van der Waals surface area contributed by atoms with Crippen molar-refractivity contribution in [1.82, 2.24) is 4.98 Å². The molecule has 1 fully saturated rings. The number of amides is 1.